The number of hydrogen-bond donors (Lipinski definition) is 0. The van der Waals surface area contributed by atoms with E-state index in [1.165, 1.54) is 11.1 Å². The predicted molar refractivity (Wildman–Crippen MR) is 74.9 cm³/mol. The molecule has 2 heterocycles. The fourth-order valence-electron chi connectivity index (χ4n) is 2.07. The van der Waals surface area contributed by atoms with Gasteiger partial charge in [-0.2, -0.15) is 0 Å². The monoisotopic (exact) mass is 233 g/mol. The van der Waals surface area contributed by atoms with Gasteiger partial charge in [-0.15, -0.1) is 0 Å². The molecule has 2 nitrogen and oxygen atoms in total. The molecular formula is C15H23NO. The molecular weight excluding hydrogens is 210 g/mol. The van der Waals surface area contributed by atoms with Gasteiger partial charge in [0.15, 0.2) is 0 Å². The fraction of sp³-hybridized carbons (Fsp3) is 0.467. The van der Waals surface area contributed by atoms with Crippen molar-refractivity contribution in [3.63, 3.8) is 0 Å². The van der Waals surface area contributed by atoms with E-state index in [0.717, 1.165) is 31.0 Å². The van der Waals surface area contributed by atoms with Crippen LogP contribution in [0.4, 0.5) is 0 Å². The molecule has 0 N–H and O–H groups in total. The molecule has 0 saturated carbocycles. The highest BCUT2D eigenvalue weighted by Gasteiger charge is 2.21. The summed E-state index contributed by atoms with van der Waals surface area (Å²) in [5.41, 5.74) is 2.53. The van der Waals surface area contributed by atoms with Crippen molar-refractivity contribution in [1.82, 2.24) is 4.90 Å². The summed E-state index contributed by atoms with van der Waals surface area (Å²) in [6.07, 6.45) is 6.96. The van der Waals surface area contributed by atoms with Crippen LogP contribution in [0.3, 0.4) is 0 Å². The Morgan fingerprint density at radius 3 is 2.65 bits per heavy atom. The van der Waals surface area contributed by atoms with Crippen LogP contribution in [-0.2, 0) is 13.0 Å². The van der Waals surface area contributed by atoms with Gasteiger partial charge in [0.25, 0.3) is 0 Å². The Morgan fingerprint density at radius 2 is 2.06 bits per heavy atom. The highest BCUT2D eigenvalue weighted by Crippen LogP contribution is 2.29. The van der Waals surface area contributed by atoms with Crippen LogP contribution in [-0.4, -0.2) is 18.5 Å². The van der Waals surface area contributed by atoms with Crippen LogP contribution in [0.25, 0.3) is 12.2 Å². The Balaban J connectivity index is 0.000000686. The maximum Gasteiger partial charge on any atom is 0.134 e. The van der Waals surface area contributed by atoms with Crippen LogP contribution < -0.4 is 0 Å². The van der Waals surface area contributed by atoms with Crippen molar-refractivity contribution in [3.05, 3.63) is 35.3 Å². The first kappa shape index (κ1) is 13.8. The zero-order valence-corrected chi connectivity index (χ0v) is 11.4. The van der Waals surface area contributed by atoms with E-state index in [-0.39, 0.29) is 0 Å². The minimum absolute atomic E-state index is 0.911. The number of furan rings is 1. The van der Waals surface area contributed by atoms with E-state index in [2.05, 4.69) is 24.6 Å². The van der Waals surface area contributed by atoms with Gasteiger partial charge in [-0.3, -0.25) is 0 Å². The van der Waals surface area contributed by atoms with Gasteiger partial charge >= 0.3 is 0 Å². The van der Waals surface area contributed by atoms with Crippen molar-refractivity contribution in [2.24, 2.45) is 0 Å². The lowest BCUT2D eigenvalue weighted by Gasteiger charge is -2.21. The van der Waals surface area contributed by atoms with Gasteiger partial charge in [-0.1, -0.05) is 32.6 Å². The third kappa shape index (κ3) is 2.89. The number of likely N-dealkylation sites (N-methyl/N-ethyl adjacent to an activating group) is 1. The maximum atomic E-state index is 5.79. The molecule has 2 heteroatoms. The predicted octanol–water partition coefficient (Wildman–Crippen LogP) is 3.97. The fourth-order valence-corrected chi connectivity index (χ4v) is 2.07. The lowest BCUT2D eigenvalue weighted by Crippen LogP contribution is -2.25. The first-order chi connectivity index (χ1) is 8.26. The Kier molecular flexibility index (Phi) is 5.23. The molecule has 1 aliphatic rings. The molecule has 0 bridgehead atoms. The van der Waals surface area contributed by atoms with E-state index < -0.39 is 0 Å². The quantitative estimate of drug-likeness (QED) is 0.768. The molecule has 2 rings (SSSR count). The van der Waals surface area contributed by atoms with E-state index in [0.29, 0.717) is 0 Å². The molecule has 1 aromatic rings. The second-order valence-electron chi connectivity index (χ2n) is 3.97. The van der Waals surface area contributed by atoms with Crippen LogP contribution in [0.5, 0.6) is 0 Å². The molecule has 0 fully saturated rings. The van der Waals surface area contributed by atoms with Crippen LogP contribution in [0.2, 0.25) is 0 Å². The summed E-state index contributed by atoms with van der Waals surface area (Å²) in [6.45, 7) is 11.9. The summed E-state index contributed by atoms with van der Waals surface area (Å²) < 4.78 is 5.79. The average Bonchev–Trinajstić information content (AvgIpc) is 2.70. The van der Waals surface area contributed by atoms with E-state index in [1.54, 1.807) is 6.08 Å². The molecule has 94 valence electrons. The molecule has 17 heavy (non-hydrogen) atoms. The summed E-state index contributed by atoms with van der Waals surface area (Å²) in [6, 6.07) is 0. The van der Waals surface area contributed by atoms with Crippen LogP contribution >= 0.6 is 0 Å². The Morgan fingerprint density at radius 1 is 1.35 bits per heavy atom. The standard InChI is InChI=1S/C13H17NO.C2H6/c1-4-6-10-11-9-14(3)8-7-13(11)15-12(10)5-2;1-2/h4-6H,2,7-9H2,1,3H3;1-2H3/b6-4-;. The first-order valence-corrected chi connectivity index (χ1v) is 6.34. The molecule has 0 spiro atoms. The SMILES string of the molecule is C=Cc1oc2c(c1/C=C\C)CN(C)CC2.CC. The van der Waals surface area contributed by atoms with Gasteiger partial charge in [0.1, 0.15) is 11.5 Å². The number of rotatable bonds is 2. The third-order valence-corrected chi connectivity index (χ3v) is 2.83. The van der Waals surface area contributed by atoms with Gasteiger partial charge in [-0.05, 0) is 20.0 Å². The third-order valence-electron chi connectivity index (χ3n) is 2.83. The molecule has 0 unspecified atom stereocenters. The molecule has 1 aromatic heterocycles. The summed E-state index contributed by atoms with van der Waals surface area (Å²) in [7, 11) is 2.14. The highest BCUT2D eigenvalue weighted by molar-refractivity contribution is 5.65. The van der Waals surface area contributed by atoms with Crippen molar-refractivity contribution in [2.75, 3.05) is 13.6 Å². The van der Waals surface area contributed by atoms with E-state index in [1.807, 2.05) is 26.8 Å². The number of allylic oxidation sites excluding steroid dienone is 1. The van der Waals surface area contributed by atoms with Gasteiger partial charge in [0, 0.05) is 30.6 Å². The average molecular weight is 233 g/mol. The van der Waals surface area contributed by atoms with Crippen LogP contribution in [0.15, 0.2) is 17.1 Å². The minimum atomic E-state index is 0.911. The second-order valence-corrected chi connectivity index (χ2v) is 3.97. The van der Waals surface area contributed by atoms with Crippen molar-refractivity contribution in [1.29, 1.82) is 0 Å². The normalized spacial score (nSPS) is 15.3. The molecule has 0 saturated heterocycles. The Labute approximate surface area is 105 Å². The minimum Gasteiger partial charge on any atom is -0.461 e. The van der Waals surface area contributed by atoms with Crippen molar-refractivity contribution in [3.8, 4) is 0 Å². The zero-order valence-electron chi connectivity index (χ0n) is 11.4. The number of fused-ring (bicyclic) bond motifs is 1. The van der Waals surface area contributed by atoms with Gasteiger partial charge < -0.3 is 9.32 Å². The second kappa shape index (κ2) is 6.45. The topological polar surface area (TPSA) is 16.4 Å². The van der Waals surface area contributed by atoms with Gasteiger partial charge in [-0.25, -0.2) is 0 Å². The van der Waals surface area contributed by atoms with Crippen molar-refractivity contribution in [2.45, 2.75) is 33.7 Å². The smallest absolute Gasteiger partial charge is 0.134 e. The Bertz CT molecular complexity index is 401. The molecule has 0 amide bonds. The molecule has 0 atom stereocenters. The highest BCUT2D eigenvalue weighted by atomic mass is 16.3. The van der Waals surface area contributed by atoms with Crippen LogP contribution in [0, 0.1) is 0 Å². The zero-order chi connectivity index (χ0) is 12.8. The molecule has 0 radical (unpaired) electrons. The summed E-state index contributed by atoms with van der Waals surface area (Å²) in [4.78, 5) is 2.32. The summed E-state index contributed by atoms with van der Waals surface area (Å²) >= 11 is 0. The van der Waals surface area contributed by atoms with E-state index in [9.17, 15) is 0 Å². The largest absolute Gasteiger partial charge is 0.461 e. The molecule has 0 aromatic carbocycles. The number of hydrogen-bond acceptors (Lipinski definition) is 2. The van der Waals surface area contributed by atoms with E-state index >= 15 is 0 Å². The lowest BCUT2D eigenvalue weighted by atomic mass is 10.0. The van der Waals surface area contributed by atoms with Gasteiger partial charge in [0.2, 0.25) is 0 Å². The maximum absolute atomic E-state index is 5.79. The molecule has 0 aliphatic carbocycles. The first-order valence-electron chi connectivity index (χ1n) is 6.34. The van der Waals surface area contributed by atoms with Crippen molar-refractivity contribution < 1.29 is 4.42 Å². The van der Waals surface area contributed by atoms with Gasteiger partial charge in [0.05, 0.1) is 0 Å². The summed E-state index contributed by atoms with van der Waals surface area (Å²) in [5.74, 6) is 2.05. The van der Waals surface area contributed by atoms with Crippen molar-refractivity contribution >= 4 is 12.2 Å². The summed E-state index contributed by atoms with van der Waals surface area (Å²) in [5, 5.41) is 0. The Hall–Kier alpha value is -1.28. The molecule has 1 aliphatic heterocycles. The lowest BCUT2D eigenvalue weighted by molar-refractivity contribution is 0.293. The van der Waals surface area contributed by atoms with Crippen LogP contribution in [0.1, 0.15) is 43.4 Å². The van der Waals surface area contributed by atoms with E-state index in [4.69, 9.17) is 4.42 Å². The number of nitrogens with zero attached hydrogens (tertiary/aromatic N) is 1.